The largest absolute Gasteiger partial charge is 0.468 e. The Hall–Kier alpha value is -1.39. The van der Waals surface area contributed by atoms with Gasteiger partial charge in [0.05, 0.1) is 7.11 Å². The maximum absolute atomic E-state index is 11.8. The van der Waals surface area contributed by atoms with Crippen LogP contribution in [0.15, 0.2) is 0 Å². The summed E-state index contributed by atoms with van der Waals surface area (Å²) in [5.41, 5.74) is -0.488. The monoisotopic (exact) mass is 221 g/mol. The van der Waals surface area contributed by atoms with E-state index in [1.807, 2.05) is 6.92 Å². The molecular weight excluding hydrogens is 206 g/mol. The highest BCUT2D eigenvalue weighted by molar-refractivity contribution is 5.85. The Labute approximate surface area is 93.8 Å². The van der Waals surface area contributed by atoms with E-state index in [1.54, 1.807) is 0 Å². The Kier molecular flexibility index (Phi) is 1.87. The van der Waals surface area contributed by atoms with Crippen molar-refractivity contribution in [1.82, 2.24) is 14.8 Å². The van der Waals surface area contributed by atoms with Crippen molar-refractivity contribution >= 4 is 5.97 Å². The number of carbonyl (C=O) groups excluding carboxylic acids is 1. The number of aryl methyl sites for hydroxylation is 1. The number of nitrogens with zero attached hydrogens (tertiary/aromatic N) is 3. The molecule has 5 heteroatoms. The Morgan fingerprint density at radius 1 is 1.44 bits per heavy atom. The normalized spacial score (nSPS) is 21.9. The van der Waals surface area contributed by atoms with Crippen molar-refractivity contribution in [3.8, 4) is 0 Å². The summed E-state index contributed by atoms with van der Waals surface area (Å²) in [5, 5.41) is 8.30. The summed E-state index contributed by atoms with van der Waals surface area (Å²) in [4.78, 5) is 11.8. The summed E-state index contributed by atoms with van der Waals surface area (Å²) in [6.07, 6.45) is 4.02. The third-order valence-electron chi connectivity index (χ3n) is 3.53. The molecule has 2 aliphatic carbocycles. The first kappa shape index (κ1) is 9.81. The van der Waals surface area contributed by atoms with Gasteiger partial charge in [-0.15, -0.1) is 10.2 Å². The van der Waals surface area contributed by atoms with Gasteiger partial charge in [-0.1, -0.05) is 0 Å². The second-order valence-electron chi connectivity index (χ2n) is 4.75. The van der Waals surface area contributed by atoms with Gasteiger partial charge in [0.25, 0.3) is 0 Å². The summed E-state index contributed by atoms with van der Waals surface area (Å²) < 4.78 is 7.01. The lowest BCUT2D eigenvalue weighted by Gasteiger charge is -2.14. The van der Waals surface area contributed by atoms with E-state index in [-0.39, 0.29) is 5.97 Å². The van der Waals surface area contributed by atoms with Crippen LogP contribution in [-0.2, 0) is 14.9 Å². The van der Waals surface area contributed by atoms with Gasteiger partial charge in [-0.3, -0.25) is 4.79 Å². The number of ether oxygens (including phenoxy) is 1. The van der Waals surface area contributed by atoms with Crippen LogP contribution < -0.4 is 0 Å². The minimum absolute atomic E-state index is 0.165. The number of aromatic nitrogens is 3. The smallest absolute Gasteiger partial charge is 0.319 e. The Balaban J connectivity index is 2.03. The molecule has 1 heterocycles. The molecule has 0 aromatic carbocycles. The fourth-order valence-corrected chi connectivity index (χ4v) is 2.30. The van der Waals surface area contributed by atoms with E-state index in [0.29, 0.717) is 6.04 Å². The summed E-state index contributed by atoms with van der Waals surface area (Å²) in [6, 6.07) is 0.507. The van der Waals surface area contributed by atoms with Gasteiger partial charge in [0.15, 0.2) is 5.82 Å². The van der Waals surface area contributed by atoms with Crippen molar-refractivity contribution in [2.75, 3.05) is 7.11 Å². The first-order chi connectivity index (χ1) is 7.69. The molecule has 0 bridgehead atoms. The zero-order chi connectivity index (χ0) is 11.3. The highest BCUT2D eigenvalue weighted by atomic mass is 16.5. The molecule has 2 fully saturated rings. The van der Waals surface area contributed by atoms with Crippen molar-refractivity contribution in [3.05, 3.63) is 11.6 Å². The standard InChI is InChI=1S/C11H15N3O2/c1-7-12-13-9(14(7)8-3-4-8)11(5-6-11)10(15)16-2/h8H,3-6H2,1-2H3. The van der Waals surface area contributed by atoms with E-state index in [9.17, 15) is 4.79 Å². The third kappa shape index (κ3) is 1.20. The van der Waals surface area contributed by atoms with Crippen LogP contribution in [0.5, 0.6) is 0 Å². The topological polar surface area (TPSA) is 57.0 Å². The number of hydrogen-bond acceptors (Lipinski definition) is 4. The molecule has 0 radical (unpaired) electrons. The molecule has 1 aromatic heterocycles. The van der Waals surface area contributed by atoms with Crippen LogP contribution in [0.1, 0.15) is 43.4 Å². The lowest BCUT2D eigenvalue weighted by atomic mass is 10.1. The van der Waals surface area contributed by atoms with Crippen LogP contribution in [0.3, 0.4) is 0 Å². The zero-order valence-electron chi connectivity index (χ0n) is 9.56. The van der Waals surface area contributed by atoms with Crippen molar-refractivity contribution in [3.63, 3.8) is 0 Å². The zero-order valence-corrected chi connectivity index (χ0v) is 9.56. The third-order valence-corrected chi connectivity index (χ3v) is 3.53. The van der Waals surface area contributed by atoms with E-state index in [4.69, 9.17) is 4.74 Å². The van der Waals surface area contributed by atoms with E-state index in [2.05, 4.69) is 14.8 Å². The van der Waals surface area contributed by atoms with Crippen molar-refractivity contribution < 1.29 is 9.53 Å². The maximum Gasteiger partial charge on any atom is 0.319 e. The number of carbonyl (C=O) groups is 1. The molecular formula is C11H15N3O2. The fraction of sp³-hybridized carbons (Fsp3) is 0.727. The van der Waals surface area contributed by atoms with Gasteiger partial charge in [-0.25, -0.2) is 0 Å². The lowest BCUT2D eigenvalue weighted by molar-refractivity contribution is -0.144. The summed E-state index contributed by atoms with van der Waals surface area (Å²) >= 11 is 0. The fourth-order valence-electron chi connectivity index (χ4n) is 2.30. The minimum Gasteiger partial charge on any atom is -0.468 e. The van der Waals surface area contributed by atoms with Gasteiger partial charge in [0, 0.05) is 6.04 Å². The van der Waals surface area contributed by atoms with Crippen LogP contribution in [0.2, 0.25) is 0 Å². The van der Waals surface area contributed by atoms with Gasteiger partial charge in [-0.2, -0.15) is 0 Å². The average molecular weight is 221 g/mol. The van der Waals surface area contributed by atoms with Crippen LogP contribution in [0.4, 0.5) is 0 Å². The van der Waals surface area contributed by atoms with Crippen LogP contribution >= 0.6 is 0 Å². The molecule has 1 aromatic rings. The molecule has 0 spiro atoms. The minimum atomic E-state index is -0.488. The molecule has 0 N–H and O–H groups in total. The van der Waals surface area contributed by atoms with Crippen LogP contribution in [0.25, 0.3) is 0 Å². The van der Waals surface area contributed by atoms with Gasteiger partial charge in [0.1, 0.15) is 11.2 Å². The Morgan fingerprint density at radius 3 is 2.62 bits per heavy atom. The molecule has 0 atom stereocenters. The predicted octanol–water partition coefficient (Wildman–Crippen LogP) is 1.13. The first-order valence-corrected chi connectivity index (χ1v) is 5.69. The van der Waals surface area contributed by atoms with Crippen LogP contribution in [-0.4, -0.2) is 27.8 Å². The molecule has 3 rings (SSSR count). The summed E-state index contributed by atoms with van der Waals surface area (Å²) in [7, 11) is 1.44. The Bertz CT molecular complexity index is 444. The molecule has 0 aliphatic heterocycles. The molecule has 2 saturated carbocycles. The molecule has 16 heavy (non-hydrogen) atoms. The number of hydrogen-bond donors (Lipinski definition) is 0. The highest BCUT2D eigenvalue weighted by Crippen LogP contribution is 2.50. The first-order valence-electron chi connectivity index (χ1n) is 5.69. The van der Waals surface area contributed by atoms with E-state index < -0.39 is 5.41 Å². The average Bonchev–Trinajstić information content (AvgIpc) is 3.18. The predicted molar refractivity (Wildman–Crippen MR) is 56.0 cm³/mol. The van der Waals surface area contributed by atoms with Crippen LogP contribution in [0, 0.1) is 6.92 Å². The van der Waals surface area contributed by atoms with E-state index in [1.165, 1.54) is 20.0 Å². The maximum atomic E-state index is 11.8. The Morgan fingerprint density at radius 2 is 2.12 bits per heavy atom. The molecule has 5 nitrogen and oxygen atoms in total. The van der Waals surface area contributed by atoms with Crippen molar-refractivity contribution in [1.29, 1.82) is 0 Å². The van der Waals surface area contributed by atoms with Gasteiger partial charge >= 0.3 is 5.97 Å². The quantitative estimate of drug-likeness (QED) is 0.718. The van der Waals surface area contributed by atoms with Gasteiger partial charge in [-0.05, 0) is 32.6 Å². The molecule has 0 amide bonds. The summed E-state index contributed by atoms with van der Waals surface area (Å²) in [5.74, 6) is 1.56. The number of rotatable bonds is 3. The van der Waals surface area contributed by atoms with E-state index in [0.717, 1.165) is 24.5 Å². The van der Waals surface area contributed by atoms with Crippen molar-refractivity contribution in [2.45, 2.75) is 44.1 Å². The van der Waals surface area contributed by atoms with Gasteiger partial charge in [0.2, 0.25) is 0 Å². The number of esters is 1. The summed E-state index contributed by atoms with van der Waals surface area (Å²) in [6.45, 7) is 1.95. The van der Waals surface area contributed by atoms with E-state index >= 15 is 0 Å². The molecule has 0 unspecified atom stereocenters. The number of methoxy groups -OCH3 is 1. The van der Waals surface area contributed by atoms with Gasteiger partial charge < -0.3 is 9.30 Å². The lowest BCUT2D eigenvalue weighted by Crippen LogP contribution is -2.26. The second kappa shape index (κ2) is 3.06. The SMILES string of the molecule is COC(=O)C1(c2nnc(C)n2C2CC2)CC1. The molecule has 2 aliphatic rings. The molecule has 0 saturated heterocycles. The highest BCUT2D eigenvalue weighted by Gasteiger charge is 2.57. The molecule has 86 valence electrons. The second-order valence-corrected chi connectivity index (χ2v) is 4.75. The van der Waals surface area contributed by atoms with Crippen molar-refractivity contribution in [2.24, 2.45) is 0 Å².